The van der Waals surface area contributed by atoms with Crippen LogP contribution >= 0.6 is 23.8 Å². The van der Waals surface area contributed by atoms with Crippen LogP contribution < -0.4 is 24.4 Å². The molecule has 2 amide bonds. The average molecular weight is 576 g/mol. The Morgan fingerprint density at radius 1 is 0.949 bits per heavy atom. The number of alkyl halides is 3. The molecule has 3 aromatic carbocycles. The minimum absolute atomic E-state index is 0.176. The summed E-state index contributed by atoms with van der Waals surface area (Å²) in [6.45, 7) is 0.276. The number of hydrogen-bond donors (Lipinski definition) is 1. The molecule has 0 radical (unpaired) electrons. The topological polar surface area (TPSA) is 80.3 Å². The van der Waals surface area contributed by atoms with E-state index >= 15 is 0 Å². The van der Waals surface area contributed by atoms with Gasteiger partial charge < -0.3 is 24.4 Å². The Morgan fingerprint density at radius 2 is 1.49 bits per heavy atom. The molecule has 1 aliphatic rings. The molecule has 0 unspecified atom stereocenters. The number of nitrogens with zero attached hydrogens (tertiary/aromatic N) is 2. The summed E-state index contributed by atoms with van der Waals surface area (Å²) < 4.78 is 40.4. The van der Waals surface area contributed by atoms with Crippen LogP contribution in [0.15, 0.2) is 72.8 Å². The van der Waals surface area contributed by atoms with Crippen LogP contribution in [0.2, 0.25) is 0 Å². The summed E-state index contributed by atoms with van der Waals surface area (Å²) in [6.07, 6.45) is -0.209. The SMILES string of the molecule is COc1ccc(CN2C(=S)N(c3ccc(OC)cc3)C(=O)[C@@H]2CC(=O)Nc2ccc(OC(F)(F)Cl)cc2)cc1. The maximum atomic E-state index is 13.6. The number of anilines is 2. The molecule has 12 heteroatoms. The number of thiocarbonyl (C=S) groups is 1. The summed E-state index contributed by atoms with van der Waals surface area (Å²) in [5.41, 5.74) is -2.12. The molecule has 1 saturated heterocycles. The van der Waals surface area contributed by atoms with Crippen LogP contribution in [0.25, 0.3) is 0 Å². The van der Waals surface area contributed by atoms with Gasteiger partial charge in [-0.2, -0.15) is 0 Å². The number of ether oxygens (including phenoxy) is 3. The average Bonchev–Trinajstić information content (AvgIpc) is 3.13. The highest BCUT2D eigenvalue weighted by Crippen LogP contribution is 2.31. The first-order chi connectivity index (χ1) is 18.6. The molecule has 0 aliphatic carbocycles. The lowest BCUT2D eigenvalue weighted by Gasteiger charge is -2.24. The molecular formula is C27H24ClF2N3O5S. The van der Waals surface area contributed by atoms with E-state index in [4.69, 9.17) is 33.3 Å². The van der Waals surface area contributed by atoms with E-state index in [0.29, 0.717) is 22.9 Å². The number of hydrogen-bond acceptors (Lipinski definition) is 6. The fourth-order valence-corrected chi connectivity index (χ4v) is 4.51. The van der Waals surface area contributed by atoms with Crippen molar-refractivity contribution in [1.29, 1.82) is 0 Å². The molecule has 0 saturated carbocycles. The molecule has 1 N–H and O–H groups in total. The summed E-state index contributed by atoms with van der Waals surface area (Å²) >= 11 is 10.5. The zero-order valence-electron chi connectivity index (χ0n) is 20.9. The Kier molecular flexibility index (Phi) is 8.51. The van der Waals surface area contributed by atoms with Crippen molar-refractivity contribution in [2.75, 3.05) is 24.4 Å². The lowest BCUT2D eigenvalue weighted by molar-refractivity contribution is -0.124. The molecule has 0 aromatic heterocycles. The van der Waals surface area contributed by atoms with Gasteiger partial charge in [-0.3, -0.25) is 14.5 Å². The van der Waals surface area contributed by atoms with Crippen LogP contribution in [0, 0.1) is 0 Å². The monoisotopic (exact) mass is 575 g/mol. The number of methoxy groups -OCH3 is 2. The van der Waals surface area contributed by atoms with Gasteiger partial charge in [0.2, 0.25) is 5.91 Å². The molecule has 0 bridgehead atoms. The fraction of sp³-hybridized carbons (Fsp3) is 0.222. The summed E-state index contributed by atoms with van der Waals surface area (Å²) in [6, 6.07) is 18.5. The third kappa shape index (κ3) is 6.92. The van der Waals surface area contributed by atoms with Crippen molar-refractivity contribution in [2.24, 2.45) is 0 Å². The number of halogens is 3. The van der Waals surface area contributed by atoms with E-state index in [1.54, 1.807) is 55.5 Å². The minimum Gasteiger partial charge on any atom is -0.497 e. The second kappa shape index (κ2) is 11.8. The predicted octanol–water partition coefficient (Wildman–Crippen LogP) is 5.40. The number of benzene rings is 3. The molecule has 4 rings (SSSR count). The van der Waals surface area contributed by atoms with Gasteiger partial charge in [0, 0.05) is 23.8 Å². The third-order valence-corrected chi connectivity index (χ3v) is 6.41. The second-order valence-electron chi connectivity index (χ2n) is 8.47. The Bertz CT molecular complexity index is 1340. The van der Waals surface area contributed by atoms with Crippen LogP contribution in [0.5, 0.6) is 17.2 Å². The van der Waals surface area contributed by atoms with E-state index in [1.807, 2.05) is 12.1 Å². The first-order valence-corrected chi connectivity index (χ1v) is 12.4. The Balaban J connectivity index is 1.54. The van der Waals surface area contributed by atoms with E-state index in [0.717, 1.165) is 5.56 Å². The number of carbonyl (C=O) groups excluding carboxylic acids is 2. The molecule has 1 fully saturated rings. The predicted molar refractivity (Wildman–Crippen MR) is 147 cm³/mol. The van der Waals surface area contributed by atoms with Crippen molar-refractivity contribution in [3.63, 3.8) is 0 Å². The van der Waals surface area contributed by atoms with Crippen LogP contribution in [0.1, 0.15) is 12.0 Å². The van der Waals surface area contributed by atoms with Gasteiger partial charge in [-0.1, -0.05) is 12.1 Å². The van der Waals surface area contributed by atoms with Gasteiger partial charge in [-0.25, -0.2) is 0 Å². The summed E-state index contributed by atoms with van der Waals surface area (Å²) in [7, 11) is 3.11. The molecule has 204 valence electrons. The van der Waals surface area contributed by atoms with E-state index in [1.165, 1.54) is 29.2 Å². The summed E-state index contributed by atoms with van der Waals surface area (Å²) in [5, 5.41) is 2.93. The highest BCUT2D eigenvalue weighted by Gasteiger charge is 2.44. The highest BCUT2D eigenvalue weighted by atomic mass is 35.5. The summed E-state index contributed by atoms with van der Waals surface area (Å²) in [4.78, 5) is 29.7. The third-order valence-electron chi connectivity index (χ3n) is 5.91. The van der Waals surface area contributed by atoms with Gasteiger partial charge in [0.05, 0.1) is 26.3 Å². The Labute approximate surface area is 234 Å². The van der Waals surface area contributed by atoms with Crippen LogP contribution in [-0.2, 0) is 16.1 Å². The van der Waals surface area contributed by atoms with Gasteiger partial charge in [0.1, 0.15) is 23.3 Å². The van der Waals surface area contributed by atoms with E-state index in [9.17, 15) is 18.4 Å². The van der Waals surface area contributed by atoms with Crippen molar-refractivity contribution in [3.05, 3.63) is 78.4 Å². The molecule has 8 nitrogen and oxygen atoms in total. The molecular weight excluding hydrogens is 552 g/mol. The second-order valence-corrected chi connectivity index (χ2v) is 9.28. The van der Waals surface area contributed by atoms with Gasteiger partial charge >= 0.3 is 5.57 Å². The fourth-order valence-electron chi connectivity index (χ4n) is 4.04. The minimum atomic E-state index is -3.85. The van der Waals surface area contributed by atoms with Gasteiger partial charge in [-0.05, 0) is 78.4 Å². The maximum absolute atomic E-state index is 13.6. The van der Waals surface area contributed by atoms with Gasteiger partial charge in [0.25, 0.3) is 5.91 Å². The molecule has 0 spiro atoms. The van der Waals surface area contributed by atoms with E-state index in [2.05, 4.69) is 10.1 Å². The number of amides is 2. The molecule has 1 atom stereocenters. The quantitative estimate of drug-likeness (QED) is 0.256. The standard InChI is InChI=1S/C27H24ClF2N3O5S/c1-36-20-9-3-17(4-10-20)16-32-23(25(35)33(26(32)39)19-7-13-21(37-2)14-8-19)15-24(34)31-18-5-11-22(12-6-18)38-27(28,29)30/h3-14,23H,15-16H2,1-2H3,(H,31,34)/t23-/m0/s1. The van der Waals surface area contributed by atoms with Gasteiger partial charge in [-0.15, -0.1) is 8.78 Å². The Morgan fingerprint density at radius 3 is 2.03 bits per heavy atom. The van der Waals surface area contributed by atoms with E-state index < -0.39 is 17.5 Å². The lowest BCUT2D eigenvalue weighted by atomic mass is 10.1. The van der Waals surface area contributed by atoms with Crippen LogP contribution in [0.4, 0.5) is 20.2 Å². The van der Waals surface area contributed by atoms with Crippen molar-refractivity contribution < 1.29 is 32.6 Å². The van der Waals surface area contributed by atoms with Crippen LogP contribution in [0.3, 0.4) is 0 Å². The van der Waals surface area contributed by atoms with E-state index in [-0.39, 0.29) is 29.7 Å². The van der Waals surface area contributed by atoms with Crippen LogP contribution in [-0.4, -0.2) is 47.7 Å². The number of nitrogens with one attached hydrogen (secondary N) is 1. The zero-order valence-corrected chi connectivity index (χ0v) is 22.5. The molecule has 1 aliphatic heterocycles. The largest absolute Gasteiger partial charge is 0.497 e. The molecule has 39 heavy (non-hydrogen) atoms. The number of rotatable bonds is 10. The molecule has 3 aromatic rings. The van der Waals surface area contributed by atoms with Gasteiger partial charge in [0.15, 0.2) is 5.11 Å². The smallest absolute Gasteiger partial charge is 0.487 e. The normalized spacial score (nSPS) is 15.4. The van der Waals surface area contributed by atoms with Crippen molar-refractivity contribution in [2.45, 2.75) is 24.6 Å². The highest BCUT2D eigenvalue weighted by molar-refractivity contribution is 7.80. The van der Waals surface area contributed by atoms with Crippen molar-refractivity contribution in [3.8, 4) is 17.2 Å². The zero-order chi connectivity index (χ0) is 28.2. The number of carbonyl (C=O) groups is 2. The maximum Gasteiger partial charge on any atom is 0.487 e. The molecule has 1 heterocycles. The first-order valence-electron chi connectivity index (χ1n) is 11.6. The van der Waals surface area contributed by atoms with Crippen molar-refractivity contribution >= 4 is 52.1 Å². The Hall–Kier alpha value is -3.96. The first kappa shape index (κ1) is 28.1. The summed E-state index contributed by atoms with van der Waals surface area (Å²) in [5.74, 6) is 0.296. The van der Waals surface area contributed by atoms with Crippen molar-refractivity contribution in [1.82, 2.24) is 4.90 Å². The lowest BCUT2D eigenvalue weighted by Crippen LogP contribution is -2.37.